The van der Waals surface area contributed by atoms with Crippen molar-refractivity contribution in [3.05, 3.63) is 35.4 Å². The van der Waals surface area contributed by atoms with Crippen molar-refractivity contribution in [1.82, 2.24) is 4.90 Å². The molecule has 1 aromatic rings. The Morgan fingerprint density at radius 2 is 1.85 bits per heavy atom. The smallest absolute Gasteiger partial charge is 0.0558 e. The zero-order valence-electron chi connectivity index (χ0n) is 12.2. The van der Waals surface area contributed by atoms with Crippen molar-refractivity contribution >= 4 is 0 Å². The second kappa shape index (κ2) is 8.09. The van der Waals surface area contributed by atoms with Crippen LogP contribution in [0.3, 0.4) is 0 Å². The van der Waals surface area contributed by atoms with Gasteiger partial charge in [0.05, 0.1) is 6.61 Å². The first kappa shape index (κ1) is 15.1. The minimum Gasteiger partial charge on any atom is -0.395 e. The fraction of sp³-hybridized carbons (Fsp3) is 0.556. The molecule has 0 atom stereocenters. The van der Waals surface area contributed by atoms with Gasteiger partial charge in [-0.3, -0.25) is 4.90 Å². The van der Waals surface area contributed by atoms with Crippen molar-refractivity contribution < 1.29 is 5.11 Å². The van der Waals surface area contributed by atoms with Crippen LogP contribution in [0, 0.1) is 18.3 Å². The molecular weight excluding hydrogens is 246 g/mol. The summed E-state index contributed by atoms with van der Waals surface area (Å²) in [7, 11) is 0. The molecule has 2 heteroatoms. The zero-order valence-corrected chi connectivity index (χ0v) is 12.2. The van der Waals surface area contributed by atoms with Crippen molar-refractivity contribution in [1.29, 1.82) is 0 Å². The highest BCUT2D eigenvalue weighted by Crippen LogP contribution is 2.24. The number of nitrogens with zero attached hydrogens (tertiary/aromatic N) is 1. The molecule has 0 aromatic heterocycles. The maximum absolute atomic E-state index is 9.26. The van der Waals surface area contributed by atoms with E-state index in [4.69, 9.17) is 6.42 Å². The van der Waals surface area contributed by atoms with Gasteiger partial charge in [0.1, 0.15) is 0 Å². The van der Waals surface area contributed by atoms with Crippen molar-refractivity contribution in [3.63, 3.8) is 0 Å². The third-order valence-electron chi connectivity index (χ3n) is 4.18. The van der Waals surface area contributed by atoms with Gasteiger partial charge in [0.2, 0.25) is 0 Å². The molecule has 0 amide bonds. The normalized spacial score (nSPS) is 16.2. The molecular formula is C18H25NO. The average Bonchev–Trinajstić information content (AvgIpc) is 2.49. The molecule has 0 aliphatic heterocycles. The summed E-state index contributed by atoms with van der Waals surface area (Å²) in [6.45, 7) is 3.00. The van der Waals surface area contributed by atoms with E-state index in [2.05, 4.69) is 23.0 Å². The fourth-order valence-corrected chi connectivity index (χ4v) is 3.08. The van der Waals surface area contributed by atoms with E-state index in [0.29, 0.717) is 0 Å². The Morgan fingerprint density at radius 1 is 1.15 bits per heavy atom. The number of aliphatic hydroxyl groups is 1. The first-order valence-electron chi connectivity index (χ1n) is 7.70. The van der Waals surface area contributed by atoms with Crippen molar-refractivity contribution in [2.75, 3.05) is 19.7 Å². The van der Waals surface area contributed by atoms with E-state index >= 15 is 0 Å². The van der Waals surface area contributed by atoms with Crippen LogP contribution in [-0.2, 0) is 6.54 Å². The molecule has 2 nitrogen and oxygen atoms in total. The van der Waals surface area contributed by atoms with Gasteiger partial charge in [-0.15, -0.1) is 6.42 Å². The van der Waals surface area contributed by atoms with E-state index in [9.17, 15) is 5.11 Å². The van der Waals surface area contributed by atoms with Crippen LogP contribution in [0.25, 0.3) is 0 Å². The Kier molecular flexibility index (Phi) is 6.11. The number of hydrogen-bond acceptors (Lipinski definition) is 2. The summed E-state index contributed by atoms with van der Waals surface area (Å²) in [4.78, 5) is 2.38. The number of aliphatic hydroxyl groups excluding tert-OH is 1. The van der Waals surface area contributed by atoms with E-state index in [-0.39, 0.29) is 6.61 Å². The maximum Gasteiger partial charge on any atom is 0.0558 e. The van der Waals surface area contributed by atoms with Gasteiger partial charge in [-0.05, 0) is 36.5 Å². The number of rotatable bonds is 6. The Bertz CT molecular complexity index is 426. The first-order valence-corrected chi connectivity index (χ1v) is 7.70. The molecule has 1 aliphatic rings. The lowest BCUT2D eigenvalue weighted by molar-refractivity contribution is 0.154. The third kappa shape index (κ3) is 4.67. The Hall–Kier alpha value is -1.30. The minimum absolute atomic E-state index is 0.231. The van der Waals surface area contributed by atoms with Crippen LogP contribution in [0.5, 0.6) is 0 Å². The lowest BCUT2D eigenvalue weighted by Gasteiger charge is -2.29. The number of terminal acetylenes is 1. The highest BCUT2D eigenvalue weighted by molar-refractivity contribution is 5.34. The Balaban J connectivity index is 1.91. The van der Waals surface area contributed by atoms with E-state index in [1.54, 1.807) is 0 Å². The Morgan fingerprint density at radius 3 is 2.45 bits per heavy atom. The van der Waals surface area contributed by atoms with Crippen LogP contribution in [-0.4, -0.2) is 29.7 Å². The van der Waals surface area contributed by atoms with Crippen LogP contribution in [0.15, 0.2) is 24.3 Å². The molecule has 2 rings (SSSR count). The van der Waals surface area contributed by atoms with E-state index in [1.807, 2.05) is 12.1 Å². The highest BCUT2D eigenvalue weighted by Gasteiger charge is 2.17. The van der Waals surface area contributed by atoms with Gasteiger partial charge in [0.25, 0.3) is 0 Å². The van der Waals surface area contributed by atoms with Gasteiger partial charge in [0.15, 0.2) is 0 Å². The molecule has 0 unspecified atom stereocenters. The SMILES string of the molecule is C#Cc1ccc(CN(CCO)CC2CCCCC2)cc1. The predicted octanol–water partition coefficient (Wildman–Crippen LogP) is 3.04. The summed E-state index contributed by atoms with van der Waals surface area (Å²) in [5.41, 5.74) is 2.20. The summed E-state index contributed by atoms with van der Waals surface area (Å²) < 4.78 is 0. The molecule has 0 bridgehead atoms. The summed E-state index contributed by atoms with van der Waals surface area (Å²) in [6, 6.07) is 8.18. The predicted molar refractivity (Wildman–Crippen MR) is 83.3 cm³/mol. The molecule has 108 valence electrons. The van der Waals surface area contributed by atoms with Gasteiger partial charge < -0.3 is 5.11 Å². The second-order valence-electron chi connectivity index (χ2n) is 5.80. The van der Waals surface area contributed by atoms with E-state index < -0.39 is 0 Å². The molecule has 1 fully saturated rings. The van der Waals surface area contributed by atoms with Gasteiger partial charge in [-0.1, -0.05) is 37.3 Å². The van der Waals surface area contributed by atoms with Crippen molar-refractivity contribution in [3.8, 4) is 12.3 Å². The lowest BCUT2D eigenvalue weighted by Crippen LogP contribution is -2.32. The van der Waals surface area contributed by atoms with Crippen molar-refractivity contribution in [2.24, 2.45) is 5.92 Å². The van der Waals surface area contributed by atoms with Crippen LogP contribution in [0.4, 0.5) is 0 Å². The van der Waals surface area contributed by atoms with Crippen molar-refractivity contribution in [2.45, 2.75) is 38.6 Å². The molecule has 1 aromatic carbocycles. The average molecular weight is 271 g/mol. The summed E-state index contributed by atoms with van der Waals surface area (Å²) in [6.07, 6.45) is 12.2. The first-order chi connectivity index (χ1) is 9.81. The monoisotopic (exact) mass is 271 g/mol. The number of hydrogen-bond donors (Lipinski definition) is 1. The molecule has 0 saturated heterocycles. The van der Waals surface area contributed by atoms with Crippen LogP contribution in [0.1, 0.15) is 43.2 Å². The molecule has 0 spiro atoms. The van der Waals surface area contributed by atoms with Crippen LogP contribution in [0.2, 0.25) is 0 Å². The zero-order chi connectivity index (χ0) is 14.2. The fourth-order valence-electron chi connectivity index (χ4n) is 3.08. The minimum atomic E-state index is 0.231. The van der Waals surface area contributed by atoms with Gasteiger partial charge >= 0.3 is 0 Å². The van der Waals surface area contributed by atoms with Crippen LogP contribution >= 0.6 is 0 Å². The molecule has 1 aliphatic carbocycles. The molecule has 0 radical (unpaired) electrons. The van der Waals surface area contributed by atoms with E-state index in [1.165, 1.54) is 37.7 Å². The summed E-state index contributed by atoms with van der Waals surface area (Å²) in [5.74, 6) is 3.45. The van der Waals surface area contributed by atoms with E-state index in [0.717, 1.165) is 31.1 Å². The largest absolute Gasteiger partial charge is 0.395 e. The lowest BCUT2D eigenvalue weighted by atomic mass is 9.89. The summed E-state index contributed by atoms with van der Waals surface area (Å²) in [5, 5.41) is 9.26. The quantitative estimate of drug-likeness (QED) is 0.804. The molecule has 1 saturated carbocycles. The van der Waals surface area contributed by atoms with Gasteiger partial charge in [-0.25, -0.2) is 0 Å². The number of benzene rings is 1. The summed E-state index contributed by atoms with van der Waals surface area (Å²) >= 11 is 0. The van der Waals surface area contributed by atoms with Gasteiger partial charge in [0, 0.05) is 25.2 Å². The molecule has 0 heterocycles. The second-order valence-corrected chi connectivity index (χ2v) is 5.80. The topological polar surface area (TPSA) is 23.5 Å². The van der Waals surface area contributed by atoms with Gasteiger partial charge in [-0.2, -0.15) is 0 Å². The standard InChI is InChI=1S/C18H25NO/c1-2-16-8-10-18(11-9-16)15-19(12-13-20)14-17-6-4-3-5-7-17/h1,8-11,17,20H,3-7,12-15H2. The highest BCUT2D eigenvalue weighted by atomic mass is 16.3. The third-order valence-corrected chi connectivity index (χ3v) is 4.18. The molecule has 20 heavy (non-hydrogen) atoms. The van der Waals surface area contributed by atoms with Crippen LogP contribution < -0.4 is 0 Å². The Labute approximate surface area is 122 Å². The maximum atomic E-state index is 9.26. The molecule has 1 N–H and O–H groups in total.